The molecule has 1 aromatic heterocycles. The number of rotatable bonds is 33. The van der Waals surface area contributed by atoms with Gasteiger partial charge in [0.05, 0.1) is 44.1 Å². The number of nitrogens with two attached hydrogens (primary N) is 2. The molecule has 0 spiro atoms. The molecule has 0 aliphatic rings. The van der Waals surface area contributed by atoms with Crippen molar-refractivity contribution in [2.45, 2.75) is 113 Å². The van der Waals surface area contributed by atoms with Crippen LogP contribution in [0.15, 0.2) is 54.7 Å². The quantitative estimate of drug-likeness (QED) is 0.0253. The molecule has 33 heteroatoms. The van der Waals surface area contributed by atoms with Crippen LogP contribution in [0.5, 0.6) is 0 Å². The van der Waals surface area contributed by atoms with Gasteiger partial charge in [-0.25, -0.2) is 4.79 Å². The molecule has 442 valence electrons. The molecular formula is C48H63ClN12O18S2. The molecule has 0 fully saturated rings. The first kappa shape index (κ1) is 67.2. The van der Waals surface area contributed by atoms with E-state index >= 15 is 0 Å². The fourth-order valence-electron chi connectivity index (χ4n) is 7.44. The SMILES string of the molecule is C[C@@H](O)[C@H](NC(=O)[C@H](Cc1c[nH]c2ccccc12)NC(=O)[C@H](CC(=O)O)NC(=O)[C@H](CC(=O)O)NC(=O)[C@@H](NC(=O)[C@H](CC(N)=O)NC(=O)CNC(=O)[C@H](Cc1ccc(Cl)cc1)NC(=O)[C@@H](N)CS)[C@@H](C)O)C(=O)N[C@@H](CS)C(=O)O. The minimum atomic E-state index is -2.23. The van der Waals surface area contributed by atoms with E-state index in [2.05, 4.69) is 67.5 Å². The normalized spacial score (nSPS) is 15.1. The molecular weight excluding hydrogens is 1130 g/mol. The summed E-state index contributed by atoms with van der Waals surface area (Å²) in [7, 11) is 0. The highest BCUT2D eigenvalue weighted by Crippen LogP contribution is 2.20. The Kier molecular flexibility index (Phi) is 26.8. The van der Waals surface area contributed by atoms with E-state index in [1.807, 2.05) is 10.6 Å². The lowest BCUT2D eigenvalue weighted by Gasteiger charge is -2.28. The Hall–Kier alpha value is -8.04. The minimum Gasteiger partial charge on any atom is -0.481 e. The van der Waals surface area contributed by atoms with E-state index in [1.165, 1.54) is 18.3 Å². The van der Waals surface area contributed by atoms with E-state index in [4.69, 9.17) is 23.1 Å². The average molecular weight is 1200 g/mol. The van der Waals surface area contributed by atoms with Gasteiger partial charge in [-0.05, 0) is 43.2 Å². The van der Waals surface area contributed by atoms with Crippen LogP contribution in [0.3, 0.4) is 0 Å². The first-order valence-electron chi connectivity index (χ1n) is 24.3. The first-order valence-corrected chi connectivity index (χ1v) is 26.0. The molecule has 81 heavy (non-hydrogen) atoms. The molecule has 19 N–H and O–H groups in total. The summed E-state index contributed by atoms with van der Waals surface area (Å²) in [6.07, 6.45) is -6.13. The van der Waals surface area contributed by atoms with E-state index in [9.17, 15) is 87.9 Å². The predicted octanol–water partition coefficient (Wildman–Crippen LogP) is -5.54. The van der Waals surface area contributed by atoms with Crippen LogP contribution in [0.4, 0.5) is 0 Å². The number of primary amides is 1. The number of amides is 10. The number of aromatic nitrogens is 1. The van der Waals surface area contributed by atoms with E-state index in [0.29, 0.717) is 27.1 Å². The zero-order chi connectivity index (χ0) is 60.8. The molecule has 3 rings (SSSR count). The molecule has 0 aliphatic heterocycles. The number of aliphatic hydroxyl groups excluding tert-OH is 2. The fraction of sp³-hybridized carbons (Fsp3) is 0.438. The number of carboxylic acids is 3. The number of aliphatic carboxylic acids is 3. The van der Waals surface area contributed by atoms with E-state index in [-0.39, 0.29) is 12.2 Å². The highest BCUT2D eigenvalue weighted by Gasteiger charge is 2.38. The molecule has 0 radical (unpaired) electrons. The lowest BCUT2D eigenvalue weighted by molar-refractivity contribution is -0.144. The van der Waals surface area contributed by atoms with Gasteiger partial charge in [0, 0.05) is 46.5 Å². The number of hydrogen-bond donors (Lipinski definition) is 19. The second kappa shape index (κ2) is 32.3. The van der Waals surface area contributed by atoms with Gasteiger partial charge >= 0.3 is 17.9 Å². The van der Waals surface area contributed by atoms with Crippen LogP contribution >= 0.6 is 36.9 Å². The molecule has 0 unspecified atom stereocenters. The van der Waals surface area contributed by atoms with E-state index < -0.39 is 182 Å². The van der Waals surface area contributed by atoms with Crippen LogP contribution in [0, 0.1) is 0 Å². The van der Waals surface area contributed by atoms with Gasteiger partial charge < -0.3 is 89.8 Å². The monoisotopic (exact) mass is 1190 g/mol. The Bertz CT molecular complexity index is 2810. The van der Waals surface area contributed by atoms with Gasteiger partial charge in [-0.2, -0.15) is 25.3 Å². The molecule has 1 heterocycles. The zero-order valence-electron chi connectivity index (χ0n) is 43.2. The summed E-state index contributed by atoms with van der Waals surface area (Å²) in [5.74, 6) is -17.6. The third-order valence-corrected chi connectivity index (χ3v) is 12.7. The second-order valence-electron chi connectivity index (χ2n) is 18.2. The lowest BCUT2D eigenvalue weighted by Crippen LogP contribution is -2.62. The molecule has 3 aromatic rings. The lowest BCUT2D eigenvalue weighted by atomic mass is 10.0. The molecule has 30 nitrogen and oxygen atoms in total. The van der Waals surface area contributed by atoms with Crippen molar-refractivity contribution in [3.05, 3.63) is 70.9 Å². The molecule has 10 amide bonds. The number of aromatic amines is 1. The van der Waals surface area contributed by atoms with Crippen LogP contribution in [0.2, 0.25) is 5.02 Å². The van der Waals surface area contributed by atoms with Gasteiger partial charge in [-0.15, -0.1) is 0 Å². The number of carbonyl (C=O) groups excluding carboxylic acids is 10. The summed E-state index contributed by atoms with van der Waals surface area (Å²) in [6.45, 7) is 1.16. The maximum absolute atomic E-state index is 14.0. The van der Waals surface area contributed by atoms with Gasteiger partial charge in [0.25, 0.3) is 0 Å². The molecule has 0 saturated heterocycles. The number of H-pyrrole nitrogens is 1. The van der Waals surface area contributed by atoms with Gasteiger partial charge in [0.15, 0.2) is 0 Å². The summed E-state index contributed by atoms with van der Waals surface area (Å²) in [4.78, 5) is 172. The zero-order valence-corrected chi connectivity index (χ0v) is 45.7. The van der Waals surface area contributed by atoms with E-state index in [1.54, 1.807) is 36.4 Å². The van der Waals surface area contributed by atoms with Crippen molar-refractivity contribution in [3.63, 3.8) is 0 Å². The minimum absolute atomic E-state index is 0.0863. The summed E-state index contributed by atoms with van der Waals surface area (Å²) < 4.78 is 0. The number of benzene rings is 2. The summed E-state index contributed by atoms with van der Waals surface area (Å²) >= 11 is 13.8. The van der Waals surface area contributed by atoms with Crippen molar-refractivity contribution >= 4 is 125 Å². The van der Waals surface area contributed by atoms with Gasteiger partial charge in [0.2, 0.25) is 59.1 Å². The number of aliphatic hydroxyl groups is 2. The standard InChI is InChI=1S/C48H63ClN12O18S2/c1-20(62)38(61-45(75)30(13-34(51)64)54-35(65)17-53-41(71)28(55-40(70)26(50)18-80)11-22-7-9-24(49)10-8-22)46(76)58-32(15-37(68)69)43(73)57-31(14-36(66)67)42(72)56-29(12-23-16-52-27-6-4-3-5-25(23)27)44(74)60-39(21(2)63)47(77)59-33(19-81)48(78)79/h3-10,16,20-21,26,28-33,38-39,52,62-63,80-81H,11-15,17-19,50H2,1-2H3,(H2,51,64)(H,53,71)(H,54,65)(H,55,70)(H,56,72)(H,57,73)(H,58,76)(H,59,77)(H,60,74)(H,61,75)(H,66,67)(H,68,69)(H,78,79)/t20-,21-,26+,28+,29+,30+,31+,32+,33+,38+,39+/m1/s1. The topological polar surface area (TPSA) is 499 Å². The maximum Gasteiger partial charge on any atom is 0.327 e. The maximum atomic E-state index is 14.0. The van der Waals surface area contributed by atoms with Gasteiger partial charge in [-0.3, -0.25) is 57.5 Å². The fourth-order valence-corrected chi connectivity index (χ4v) is 7.98. The third-order valence-electron chi connectivity index (χ3n) is 11.7. The number of fused-ring (bicyclic) bond motifs is 1. The molecule has 11 atom stereocenters. The Labute approximate surface area is 476 Å². The number of nitrogens with one attached hydrogen (secondary N) is 10. The van der Waals surface area contributed by atoms with Gasteiger partial charge in [-0.1, -0.05) is 41.9 Å². The Morgan fingerprint density at radius 3 is 1.51 bits per heavy atom. The largest absolute Gasteiger partial charge is 0.481 e. The highest BCUT2D eigenvalue weighted by atomic mass is 35.5. The van der Waals surface area contributed by atoms with Crippen LogP contribution < -0.4 is 59.3 Å². The van der Waals surface area contributed by atoms with Gasteiger partial charge in [0.1, 0.15) is 48.3 Å². The van der Waals surface area contributed by atoms with Crippen LogP contribution in [-0.4, -0.2) is 192 Å². The number of halogens is 1. The first-order chi connectivity index (χ1) is 38.0. The van der Waals surface area contributed by atoms with Crippen LogP contribution in [0.1, 0.15) is 44.2 Å². The van der Waals surface area contributed by atoms with Crippen molar-refractivity contribution < 1.29 is 87.9 Å². The Morgan fingerprint density at radius 2 is 1.01 bits per heavy atom. The summed E-state index contributed by atoms with van der Waals surface area (Å²) in [6, 6.07) is -3.24. The second-order valence-corrected chi connectivity index (χ2v) is 19.3. The summed E-state index contributed by atoms with van der Waals surface area (Å²) in [5, 5.41) is 70.5. The predicted molar refractivity (Wildman–Crippen MR) is 291 cm³/mol. The van der Waals surface area contributed by atoms with Crippen molar-refractivity contribution in [3.8, 4) is 0 Å². The highest BCUT2D eigenvalue weighted by molar-refractivity contribution is 7.80. The molecule has 0 bridgehead atoms. The number of para-hydroxylation sites is 1. The number of carboxylic acid groups (broad SMARTS) is 3. The van der Waals surface area contributed by atoms with Crippen molar-refractivity contribution in [2.75, 3.05) is 18.1 Å². The smallest absolute Gasteiger partial charge is 0.327 e. The van der Waals surface area contributed by atoms with Crippen molar-refractivity contribution in [1.29, 1.82) is 0 Å². The number of carbonyl (C=O) groups is 13. The third kappa shape index (κ3) is 21.9. The summed E-state index contributed by atoms with van der Waals surface area (Å²) in [5.41, 5.74) is 12.5. The Balaban J connectivity index is 1.85. The van der Waals surface area contributed by atoms with Crippen LogP contribution in [0.25, 0.3) is 10.9 Å². The van der Waals surface area contributed by atoms with E-state index in [0.717, 1.165) is 13.8 Å². The molecule has 0 saturated carbocycles. The number of hydrogen-bond acceptors (Lipinski definition) is 18. The molecule has 2 aromatic carbocycles. The van der Waals surface area contributed by atoms with Crippen molar-refractivity contribution in [1.82, 2.24) is 52.8 Å². The average Bonchev–Trinajstić information content (AvgIpc) is 3.88. The van der Waals surface area contributed by atoms with Crippen LogP contribution in [-0.2, 0) is 75.2 Å². The Morgan fingerprint density at radius 1 is 0.556 bits per heavy atom. The number of thiol groups is 2. The molecule has 0 aliphatic carbocycles. The van der Waals surface area contributed by atoms with Crippen molar-refractivity contribution in [2.24, 2.45) is 11.5 Å².